The summed E-state index contributed by atoms with van der Waals surface area (Å²) < 4.78 is 5.56. The van der Waals surface area contributed by atoms with Crippen LogP contribution in [0.15, 0.2) is 54.2 Å². The minimum absolute atomic E-state index is 0.237. The normalized spacial score (nSPS) is 21.8. The molecule has 5 heteroatoms. The van der Waals surface area contributed by atoms with Gasteiger partial charge >= 0.3 is 0 Å². The van der Waals surface area contributed by atoms with E-state index in [9.17, 15) is 9.59 Å². The zero-order chi connectivity index (χ0) is 22.1. The number of hydrogen-bond donors (Lipinski definition) is 0. The number of carbonyl (C=O) groups excluding carboxylic acids is 2. The van der Waals surface area contributed by atoms with Gasteiger partial charge in [0.25, 0.3) is 11.8 Å². The topological polar surface area (TPSA) is 49.9 Å². The van der Waals surface area contributed by atoms with Crippen molar-refractivity contribution < 1.29 is 14.3 Å². The summed E-state index contributed by atoms with van der Waals surface area (Å²) in [5.41, 5.74) is 3.44. The molecule has 2 amide bonds. The summed E-state index contributed by atoms with van der Waals surface area (Å²) in [7, 11) is 0. The lowest BCUT2D eigenvalue weighted by Gasteiger charge is -2.37. The third-order valence-electron chi connectivity index (χ3n) is 5.99. The lowest BCUT2D eigenvalue weighted by Crippen LogP contribution is -2.42. The summed E-state index contributed by atoms with van der Waals surface area (Å²) in [6.45, 7) is 10.5. The van der Waals surface area contributed by atoms with E-state index in [4.69, 9.17) is 4.74 Å². The molecule has 162 valence electrons. The molecule has 2 unspecified atom stereocenters. The highest BCUT2D eigenvalue weighted by Gasteiger charge is 2.43. The van der Waals surface area contributed by atoms with Crippen LogP contribution in [0.1, 0.15) is 38.3 Å². The van der Waals surface area contributed by atoms with Crippen molar-refractivity contribution in [2.45, 2.75) is 34.1 Å². The first-order valence-electron chi connectivity index (χ1n) is 11.1. The van der Waals surface area contributed by atoms with E-state index in [1.807, 2.05) is 62.4 Å². The number of hydrogen-bond acceptors (Lipinski definition) is 4. The summed E-state index contributed by atoms with van der Waals surface area (Å²) in [6, 6.07) is 15.0. The minimum Gasteiger partial charge on any atom is -0.494 e. The van der Waals surface area contributed by atoms with E-state index >= 15 is 0 Å². The van der Waals surface area contributed by atoms with Gasteiger partial charge in [-0.15, -0.1) is 0 Å². The first kappa shape index (κ1) is 21.2. The van der Waals surface area contributed by atoms with E-state index in [0.29, 0.717) is 35.4 Å². The lowest BCUT2D eigenvalue weighted by atomic mass is 9.91. The Bertz CT molecular complexity index is 998. The highest BCUT2D eigenvalue weighted by molar-refractivity contribution is 6.45. The summed E-state index contributed by atoms with van der Waals surface area (Å²) in [5, 5.41) is 0. The molecule has 0 radical (unpaired) electrons. The smallest absolute Gasteiger partial charge is 0.282 e. The van der Waals surface area contributed by atoms with Crippen LogP contribution in [0.5, 0.6) is 5.75 Å². The number of rotatable bonds is 5. The second kappa shape index (κ2) is 8.58. The largest absolute Gasteiger partial charge is 0.494 e. The van der Waals surface area contributed by atoms with E-state index in [-0.39, 0.29) is 11.8 Å². The number of nitrogens with zero attached hydrogens (tertiary/aromatic N) is 2. The van der Waals surface area contributed by atoms with Crippen molar-refractivity contribution in [3.05, 3.63) is 65.4 Å². The van der Waals surface area contributed by atoms with E-state index in [0.717, 1.165) is 36.4 Å². The van der Waals surface area contributed by atoms with E-state index in [1.165, 1.54) is 4.90 Å². The molecule has 2 heterocycles. The predicted molar refractivity (Wildman–Crippen MR) is 123 cm³/mol. The average molecular weight is 419 g/mol. The van der Waals surface area contributed by atoms with Gasteiger partial charge in [0.2, 0.25) is 0 Å². The second-order valence-corrected chi connectivity index (χ2v) is 8.81. The third kappa shape index (κ3) is 4.09. The SMILES string of the molecule is CCOc1ccc(C2=C(N3CC(C)CC(C)C3)C(=O)N(c3ccc(C)cc3)C2=O)cc1. The van der Waals surface area contributed by atoms with Crippen molar-refractivity contribution in [1.82, 2.24) is 4.90 Å². The van der Waals surface area contributed by atoms with E-state index in [2.05, 4.69) is 18.7 Å². The van der Waals surface area contributed by atoms with Crippen LogP contribution in [0.2, 0.25) is 0 Å². The molecule has 0 bridgehead atoms. The first-order valence-corrected chi connectivity index (χ1v) is 11.1. The standard InChI is InChI=1S/C26H30N2O3/c1-5-31-22-12-8-20(9-13-22)23-24(27-15-18(3)14-19(4)16-27)26(30)28(25(23)29)21-10-6-17(2)7-11-21/h6-13,18-19H,5,14-16H2,1-4H3. The van der Waals surface area contributed by atoms with Crippen molar-refractivity contribution in [1.29, 1.82) is 0 Å². The quantitative estimate of drug-likeness (QED) is 0.663. The molecule has 2 aromatic carbocycles. The molecule has 0 N–H and O–H groups in total. The molecular weight excluding hydrogens is 388 g/mol. The maximum Gasteiger partial charge on any atom is 0.282 e. The summed E-state index contributed by atoms with van der Waals surface area (Å²) in [4.78, 5) is 30.7. The van der Waals surface area contributed by atoms with Crippen molar-refractivity contribution in [2.24, 2.45) is 11.8 Å². The number of ether oxygens (including phenoxy) is 1. The van der Waals surface area contributed by atoms with Crippen LogP contribution in [0.4, 0.5) is 5.69 Å². The molecule has 0 saturated carbocycles. The van der Waals surface area contributed by atoms with E-state index < -0.39 is 0 Å². The molecule has 1 fully saturated rings. The highest BCUT2D eigenvalue weighted by atomic mass is 16.5. The number of imide groups is 1. The molecular formula is C26H30N2O3. The predicted octanol–water partition coefficient (Wildman–Crippen LogP) is 4.66. The van der Waals surface area contributed by atoms with Gasteiger partial charge < -0.3 is 9.64 Å². The zero-order valence-corrected chi connectivity index (χ0v) is 18.7. The molecule has 2 aliphatic heterocycles. The van der Waals surface area contributed by atoms with Gasteiger partial charge in [0.1, 0.15) is 11.4 Å². The zero-order valence-electron chi connectivity index (χ0n) is 18.7. The second-order valence-electron chi connectivity index (χ2n) is 8.81. The summed E-state index contributed by atoms with van der Waals surface area (Å²) in [6.07, 6.45) is 1.13. The Kier molecular flexibility index (Phi) is 5.86. The number of amides is 2. The molecule has 0 aliphatic carbocycles. The Morgan fingerprint density at radius 2 is 1.52 bits per heavy atom. The van der Waals surface area contributed by atoms with Gasteiger partial charge in [-0.3, -0.25) is 9.59 Å². The molecule has 4 rings (SSSR count). The van der Waals surface area contributed by atoms with Crippen molar-refractivity contribution >= 4 is 23.1 Å². The van der Waals surface area contributed by atoms with Crippen LogP contribution in [0.3, 0.4) is 0 Å². The first-order chi connectivity index (χ1) is 14.9. The lowest BCUT2D eigenvalue weighted by molar-refractivity contribution is -0.120. The van der Waals surface area contributed by atoms with Crippen LogP contribution in [-0.2, 0) is 9.59 Å². The minimum atomic E-state index is -0.265. The van der Waals surface area contributed by atoms with Crippen molar-refractivity contribution in [2.75, 3.05) is 24.6 Å². The maximum atomic E-state index is 13.6. The van der Waals surface area contributed by atoms with E-state index in [1.54, 1.807) is 0 Å². The number of aryl methyl sites for hydroxylation is 1. The molecule has 0 spiro atoms. The monoisotopic (exact) mass is 418 g/mol. The molecule has 2 aliphatic rings. The number of piperidine rings is 1. The van der Waals surface area contributed by atoms with Gasteiger partial charge in [0.05, 0.1) is 17.9 Å². The molecule has 31 heavy (non-hydrogen) atoms. The number of carbonyl (C=O) groups is 2. The fraction of sp³-hybridized carbons (Fsp3) is 0.385. The van der Waals surface area contributed by atoms with Gasteiger partial charge in [-0.05, 0) is 61.9 Å². The summed E-state index contributed by atoms with van der Waals surface area (Å²) in [5.74, 6) is 1.18. The van der Waals surface area contributed by atoms with Gasteiger partial charge in [-0.1, -0.05) is 43.7 Å². The Morgan fingerprint density at radius 1 is 0.903 bits per heavy atom. The van der Waals surface area contributed by atoms with Gasteiger partial charge in [0, 0.05) is 13.1 Å². The summed E-state index contributed by atoms with van der Waals surface area (Å²) >= 11 is 0. The van der Waals surface area contributed by atoms with Gasteiger partial charge in [-0.25, -0.2) is 4.90 Å². The number of anilines is 1. The molecule has 2 atom stereocenters. The van der Waals surface area contributed by atoms with Crippen molar-refractivity contribution in [3.63, 3.8) is 0 Å². The van der Waals surface area contributed by atoms with Crippen LogP contribution < -0.4 is 9.64 Å². The molecule has 0 aromatic heterocycles. The fourth-order valence-electron chi connectivity index (χ4n) is 4.73. The van der Waals surface area contributed by atoms with Gasteiger partial charge in [0.15, 0.2) is 0 Å². The van der Waals surface area contributed by atoms with Crippen LogP contribution in [-0.4, -0.2) is 36.4 Å². The van der Waals surface area contributed by atoms with Crippen LogP contribution in [0, 0.1) is 18.8 Å². The Labute approximate surface area is 184 Å². The number of likely N-dealkylation sites (tertiary alicyclic amines) is 1. The van der Waals surface area contributed by atoms with Crippen molar-refractivity contribution in [3.8, 4) is 5.75 Å². The Balaban J connectivity index is 1.79. The third-order valence-corrected chi connectivity index (χ3v) is 5.99. The molecule has 1 saturated heterocycles. The highest BCUT2D eigenvalue weighted by Crippen LogP contribution is 2.37. The van der Waals surface area contributed by atoms with Crippen LogP contribution in [0.25, 0.3) is 5.57 Å². The Morgan fingerprint density at radius 3 is 2.10 bits per heavy atom. The Hall–Kier alpha value is -3.08. The number of benzene rings is 2. The van der Waals surface area contributed by atoms with Gasteiger partial charge in [-0.2, -0.15) is 0 Å². The van der Waals surface area contributed by atoms with Crippen LogP contribution >= 0.6 is 0 Å². The molecule has 2 aromatic rings. The average Bonchev–Trinajstić information content (AvgIpc) is 2.99. The maximum absolute atomic E-state index is 13.6. The fourth-order valence-corrected chi connectivity index (χ4v) is 4.73. The molecule has 5 nitrogen and oxygen atoms in total.